The molecule has 23 heavy (non-hydrogen) atoms. The minimum absolute atomic E-state index is 0.00973. The molecule has 0 bridgehead atoms. The van der Waals surface area contributed by atoms with E-state index in [9.17, 15) is 19.8 Å². The number of piperidine rings is 1. The highest BCUT2D eigenvalue weighted by atomic mass is 16.5. The molecule has 0 saturated carbocycles. The molecule has 124 valence electrons. The largest absolute Gasteiger partial charge is 0.482 e. The maximum Gasteiger partial charge on any atom is 0.264 e. The average molecular weight is 320 g/mol. The van der Waals surface area contributed by atoms with Crippen LogP contribution < -0.4 is 9.64 Å². The minimum Gasteiger partial charge on any atom is -0.482 e. The molecule has 2 N–H and O–H groups in total. The van der Waals surface area contributed by atoms with Crippen LogP contribution in [0.15, 0.2) is 18.2 Å². The van der Waals surface area contributed by atoms with Crippen molar-refractivity contribution in [2.45, 2.75) is 25.0 Å². The number of ether oxygens (including phenoxy) is 1. The third-order valence-electron chi connectivity index (χ3n) is 4.58. The van der Waals surface area contributed by atoms with E-state index in [1.165, 1.54) is 9.80 Å². The second kappa shape index (κ2) is 5.50. The van der Waals surface area contributed by atoms with Gasteiger partial charge in [0.15, 0.2) is 6.61 Å². The van der Waals surface area contributed by atoms with Crippen LogP contribution in [0.1, 0.15) is 23.7 Å². The van der Waals surface area contributed by atoms with Crippen molar-refractivity contribution in [3.05, 3.63) is 23.8 Å². The van der Waals surface area contributed by atoms with Gasteiger partial charge in [-0.1, -0.05) is 0 Å². The van der Waals surface area contributed by atoms with Gasteiger partial charge in [-0.25, -0.2) is 0 Å². The summed E-state index contributed by atoms with van der Waals surface area (Å²) < 4.78 is 5.34. The fourth-order valence-corrected chi connectivity index (χ4v) is 2.80. The SMILES string of the molecule is CN1C(=O)COc2ccc(C(=O)N3CC[C@](C)(O)[C@@H](O)C3)cc21. The fourth-order valence-electron chi connectivity index (χ4n) is 2.80. The third-order valence-corrected chi connectivity index (χ3v) is 4.58. The molecule has 3 rings (SSSR count). The topological polar surface area (TPSA) is 90.3 Å². The van der Waals surface area contributed by atoms with Crippen molar-refractivity contribution in [2.75, 3.05) is 31.6 Å². The summed E-state index contributed by atoms with van der Waals surface area (Å²) in [6.45, 7) is 2.00. The van der Waals surface area contributed by atoms with E-state index in [1.807, 2.05) is 0 Å². The average Bonchev–Trinajstić information content (AvgIpc) is 2.53. The normalized spacial score (nSPS) is 27.5. The van der Waals surface area contributed by atoms with E-state index in [-0.39, 0.29) is 25.0 Å². The first-order valence-corrected chi connectivity index (χ1v) is 7.53. The van der Waals surface area contributed by atoms with Crippen LogP contribution in [0.3, 0.4) is 0 Å². The highest BCUT2D eigenvalue weighted by Crippen LogP contribution is 2.32. The molecule has 1 aromatic rings. The lowest BCUT2D eigenvalue weighted by molar-refractivity contribution is -0.121. The molecule has 0 unspecified atom stereocenters. The third kappa shape index (κ3) is 2.77. The van der Waals surface area contributed by atoms with Crippen LogP contribution in [0.25, 0.3) is 0 Å². The van der Waals surface area contributed by atoms with Gasteiger partial charge < -0.3 is 24.7 Å². The summed E-state index contributed by atoms with van der Waals surface area (Å²) in [7, 11) is 1.64. The lowest BCUT2D eigenvalue weighted by atomic mass is 9.90. The van der Waals surface area contributed by atoms with Gasteiger partial charge in [0, 0.05) is 25.7 Å². The number of hydrogen-bond donors (Lipinski definition) is 2. The number of amides is 2. The van der Waals surface area contributed by atoms with Crippen molar-refractivity contribution in [1.82, 2.24) is 4.90 Å². The molecule has 1 fully saturated rings. The van der Waals surface area contributed by atoms with Gasteiger partial charge in [0.2, 0.25) is 0 Å². The van der Waals surface area contributed by atoms with Gasteiger partial charge in [-0.2, -0.15) is 0 Å². The van der Waals surface area contributed by atoms with Gasteiger partial charge in [-0.15, -0.1) is 0 Å². The fraction of sp³-hybridized carbons (Fsp3) is 0.500. The van der Waals surface area contributed by atoms with Gasteiger partial charge in [-0.05, 0) is 31.5 Å². The number of anilines is 1. The van der Waals surface area contributed by atoms with Crippen LogP contribution in [-0.4, -0.2) is 65.4 Å². The second-order valence-corrected chi connectivity index (χ2v) is 6.30. The van der Waals surface area contributed by atoms with Gasteiger partial charge in [0.1, 0.15) is 5.75 Å². The van der Waals surface area contributed by atoms with Crippen molar-refractivity contribution in [3.63, 3.8) is 0 Å². The number of aliphatic hydroxyl groups is 2. The van der Waals surface area contributed by atoms with E-state index >= 15 is 0 Å². The Morgan fingerprint density at radius 1 is 1.43 bits per heavy atom. The highest BCUT2D eigenvalue weighted by molar-refractivity contribution is 6.01. The monoisotopic (exact) mass is 320 g/mol. The van der Waals surface area contributed by atoms with E-state index in [1.54, 1.807) is 32.2 Å². The summed E-state index contributed by atoms with van der Waals surface area (Å²) in [4.78, 5) is 27.3. The molecule has 7 heteroatoms. The molecular weight excluding hydrogens is 300 g/mol. The molecule has 7 nitrogen and oxygen atoms in total. The number of fused-ring (bicyclic) bond motifs is 1. The van der Waals surface area contributed by atoms with E-state index in [4.69, 9.17) is 4.74 Å². The Hall–Kier alpha value is -2.12. The maximum atomic E-state index is 12.6. The lowest BCUT2D eigenvalue weighted by Crippen LogP contribution is -2.55. The molecule has 2 aliphatic heterocycles. The van der Waals surface area contributed by atoms with E-state index in [2.05, 4.69) is 0 Å². The van der Waals surface area contributed by atoms with Crippen molar-refractivity contribution >= 4 is 17.5 Å². The van der Waals surface area contributed by atoms with E-state index in [0.29, 0.717) is 30.0 Å². The number of β-amino-alcohol motifs (C(OH)–C–C–N with tert-alkyl or cyclic N) is 1. The summed E-state index contributed by atoms with van der Waals surface area (Å²) in [5, 5.41) is 19.9. The molecule has 0 spiro atoms. The summed E-state index contributed by atoms with van der Waals surface area (Å²) in [6, 6.07) is 4.93. The summed E-state index contributed by atoms with van der Waals surface area (Å²) in [6.07, 6.45) is -0.669. The molecule has 1 aromatic carbocycles. The van der Waals surface area contributed by atoms with Crippen LogP contribution in [0, 0.1) is 0 Å². The maximum absolute atomic E-state index is 12.6. The Bertz CT molecular complexity index is 658. The minimum atomic E-state index is -1.17. The number of benzene rings is 1. The van der Waals surface area contributed by atoms with Gasteiger partial charge >= 0.3 is 0 Å². The molecule has 2 aliphatic rings. The van der Waals surface area contributed by atoms with Gasteiger partial charge in [0.25, 0.3) is 11.8 Å². The number of likely N-dealkylation sites (N-methyl/N-ethyl adjacent to an activating group) is 1. The molecule has 1 saturated heterocycles. The number of rotatable bonds is 1. The van der Waals surface area contributed by atoms with Crippen LogP contribution in [0.4, 0.5) is 5.69 Å². The van der Waals surface area contributed by atoms with Crippen LogP contribution >= 0.6 is 0 Å². The standard InChI is InChI=1S/C16H20N2O5/c1-16(22)5-6-18(8-13(16)19)15(21)10-3-4-12-11(7-10)17(2)14(20)9-23-12/h3-4,7,13,19,22H,5-6,8-9H2,1-2H3/t13-,16-/m0/s1. The predicted octanol–water partition coefficient (Wildman–Crippen LogP) is -0.000400. The molecule has 2 amide bonds. The Morgan fingerprint density at radius 2 is 2.17 bits per heavy atom. The summed E-state index contributed by atoms with van der Waals surface area (Å²) >= 11 is 0. The number of carbonyl (C=O) groups is 2. The second-order valence-electron chi connectivity index (χ2n) is 6.30. The van der Waals surface area contributed by atoms with E-state index < -0.39 is 11.7 Å². The number of carbonyl (C=O) groups excluding carboxylic acids is 2. The number of hydrogen-bond acceptors (Lipinski definition) is 5. The zero-order valence-electron chi connectivity index (χ0n) is 13.2. The highest BCUT2D eigenvalue weighted by Gasteiger charge is 2.38. The molecule has 0 aromatic heterocycles. The summed E-state index contributed by atoms with van der Waals surface area (Å²) in [5.41, 5.74) is -0.202. The Kier molecular flexibility index (Phi) is 3.77. The molecule has 2 atom stereocenters. The zero-order chi connectivity index (χ0) is 16.8. The first-order chi connectivity index (χ1) is 10.8. The van der Waals surface area contributed by atoms with Crippen molar-refractivity contribution in [3.8, 4) is 5.75 Å². The molecular formula is C16H20N2O5. The van der Waals surface area contributed by atoms with Crippen LogP contribution in [-0.2, 0) is 4.79 Å². The first kappa shape index (κ1) is 15.8. The summed E-state index contributed by atoms with van der Waals surface area (Å²) in [5.74, 6) is 0.144. The van der Waals surface area contributed by atoms with Crippen LogP contribution in [0.5, 0.6) is 5.75 Å². The van der Waals surface area contributed by atoms with Gasteiger partial charge in [0.05, 0.1) is 17.4 Å². The Morgan fingerprint density at radius 3 is 2.87 bits per heavy atom. The Balaban J connectivity index is 1.83. The van der Waals surface area contributed by atoms with Crippen molar-refractivity contribution in [2.24, 2.45) is 0 Å². The zero-order valence-corrected chi connectivity index (χ0v) is 13.2. The van der Waals surface area contributed by atoms with Gasteiger partial charge in [-0.3, -0.25) is 9.59 Å². The first-order valence-electron chi connectivity index (χ1n) is 7.53. The quantitative estimate of drug-likeness (QED) is 0.760. The lowest BCUT2D eigenvalue weighted by Gasteiger charge is -2.40. The number of aliphatic hydroxyl groups excluding tert-OH is 1. The smallest absolute Gasteiger partial charge is 0.264 e. The Labute approximate surface area is 134 Å². The number of nitrogens with zero attached hydrogens (tertiary/aromatic N) is 2. The molecule has 2 heterocycles. The number of likely N-dealkylation sites (tertiary alicyclic amines) is 1. The molecule has 0 radical (unpaired) electrons. The van der Waals surface area contributed by atoms with Crippen molar-refractivity contribution < 1.29 is 24.5 Å². The van der Waals surface area contributed by atoms with Crippen molar-refractivity contribution in [1.29, 1.82) is 0 Å². The molecule has 0 aliphatic carbocycles. The van der Waals surface area contributed by atoms with Crippen LogP contribution in [0.2, 0.25) is 0 Å². The van der Waals surface area contributed by atoms with E-state index in [0.717, 1.165) is 0 Å². The predicted molar refractivity (Wildman–Crippen MR) is 82.5 cm³/mol.